The Hall–Kier alpha value is -3.84. The van der Waals surface area contributed by atoms with E-state index in [1.54, 1.807) is 41.3 Å². The van der Waals surface area contributed by atoms with Crippen LogP contribution in [-0.2, 0) is 33.4 Å². The highest BCUT2D eigenvalue weighted by Gasteiger charge is 2.77. The highest BCUT2D eigenvalue weighted by molar-refractivity contribution is 9.09. The normalized spacial score (nSPS) is 26.3. The van der Waals surface area contributed by atoms with Crippen LogP contribution in [0.25, 0.3) is 0 Å². The lowest BCUT2D eigenvalue weighted by Gasteiger charge is -2.39. The molecular formula is C40H50BrN3O8. The van der Waals surface area contributed by atoms with Crippen molar-refractivity contribution < 1.29 is 38.5 Å². The predicted octanol–water partition coefficient (Wildman–Crippen LogP) is 4.66. The minimum atomic E-state index is -1.38. The lowest BCUT2D eigenvalue weighted by molar-refractivity contribution is -0.163. The number of carbonyl (C=O) groups excluding carboxylic acids is 4. The topological polar surface area (TPSA) is 135 Å². The van der Waals surface area contributed by atoms with Crippen LogP contribution in [0.15, 0.2) is 86.0 Å². The molecule has 1 unspecified atom stereocenters. The maximum atomic E-state index is 14.9. The predicted molar refractivity (Wildman–Crippen MR) is 199 cm³/mol. The molecule has 1 spiro atoms. The quantitative estimate of drug-likeness (QED) is 0.120. The van der Waals surface area contributed by atoms with Gasteiger partial charge in [0.05, 0.1) is 43.2 Å². The Balaban J connectivity index is 1.56. The molecule has 3 aliphatic heterocycles. The molecule has 11 nitrogen and oxygen atoms in total. The van der Waals surface area contributed by atoms with Crippen LogP contribution in [0.2, 0.25) is 0 Å². The smallest absolute Gasteiger partial charge is 0.313 e. The number of unbranched alkanes of at least 4 members (excludes halogenated alkanes) is 1. The molecule has 2 N–H and O–H groups in total. The van der Waals surface area contributed by atoms with Gasteiger partial charge in [0.25, 0.3) is 0 Å². The first-order valence-electron chi connectivity index (χ1n) is 18.0. The zero-order valence-electron chi connectivity index (χ0n) is 29.9. The summed E-state index contributed by atoms with van der Waals surface area (Å²) >= 11 is 3.74. The Morgan fingerprint density at radius 1 is 1.12 bits per heavy atom. The Bertz CT molecular complexity index is 1580. The third-order valence-corrected chi connectivity index (χ3v) is 11.2. The molecule has 3 heterocycles. The monoisotopic (exact) mass is 779 g/mol. The number of allylic oxidation sites excluding steroid dienone is 1. The van der Waals surface area contributed by atoms with E-state index in [0.717, 1.165) is 12.8 Å². The van der Waals surface area contributed by atoms with Crippen molar-refractivity contribution in [2.24, 2.45) is 11.8 Å². The molecule has 5 rings (SSSR count). The summed E-state index contributed by atoms with van der Waals surface area (Å²) in [6.45, 7) is 9.90. The molecule has 12 heteroatoms. The second kappa shape index (κ2) is 17.8. The fourth-order valence-electron chi connectivity index (χ4n) is 8.08. The molecule has 0 aliphatic carbocycles. The van der Waals surface area contributed by atoms with Crippen LogP contribution in [0.1, 0.15) is 62.3 Å². The summed E-state index contributed by atoms with van der Waals surface area (Å²) in [5, 5.41) is 13.8. The molecule has 3 saturated heterocycles. The summed E-state index contributed by atoms with van der Waals surface area (Å²) < 4.78 is 18.6. The molecular weight excluding hydrogens is 730 g/mol. The number of nitrogens with zero attached hydrogens (tertiary/aromatic N) is 2. The average Bonchev–Trinajstić information content (AvgIpc) is 3.75. The Morgan fingerprint density at radius 2 is 1.79 bits per heavy atom. The molecule has 280 valence electrons. The molecule has 0 saturated carbocycles. The maximum absolute atomic E-state index is 14.9. The van der Waals surface area contributed by atoms with Crippen molar-refractivity contribution in [3.05, 3.63) is 97.1 Å². The first kappa shape index (κ1) is 39.4. The number of hydrogen-bond donors (Lipinski definition) is 2. The van der Waals surface area contributed by atoms with Crippen LogP contribution < -0.4 is 5.32 Å². The van der Waals surface area contributed by atoms with Crippen LogP contribution in [-0.4, -0.2) is 101 Å². The van der Waals surface area contributed by atoms with Crippen molar-refractivity contribution in [2.75, 3.05) is 33.4 Å². The summed E-state index contributed by atoms with van der Waals surface area (Å²) in [6.07, 6.45) is 4.12. The zero-order chi connectivity index (χ0) is 37.4. The van der Waals surface area contributed by atoms with Gasteiger partial charge in [0.2, 0.25) is 17.7 Å². The summed E-state index contributed by atoms with van der Waals surface area (Å²) in [6, 6.07) is 15.4. The van der Waals surface area contributed by atoms with Gasteiger partial charge in [0, 0.05) is 31.4 Å². The van der Waals surface area contributed by atoms with Gasteiger partial charge in [-0.3, -0.25) is 19.2 Å². The third kappa shape index (κ3) is 7.76. The van der Waals surface area contributed by atoms with Crippen molar-refractivity contribution in [3.8, 4) is 0 Å². The number of alkyl halides is 1. The van der Waals surface area contributed by atoms with Gasteiger partial charge in [-0.1, -0.05) is 102 Å². The fourth-order valence-corrected chi connectivity index (χ4v) is 9.02. The summed E-state index contributed by atoms with van der Waals surface area (Å²) in [4.78, 5) is 60.1. The number of aliphatic hydroxyl groups is 1. The van der Waals surface area contributed by atoms with Crippen LogP contribution in [0.5, 0.6) is 0 Å². The molecule has 0 radical (unpaired) electrons. The summed E-state index contributed by atoms with van der Waals surface area (Å²) in [5.41, 5.74) is -0.0967. The van der Waals surface area contributed by atoms with Crippen LogP contribution in [0.4, 0.5) is 0 Å². The molecule has 2 aromatic carbocycles. The molecule has 9 atom stereocenters. The van der Waals surface area contributed by atoms with E-state index in [0.29, 0.717) is 30.5 Å². The third-order valence-electron chi connectivity index (χ3n) is 10.4. The zero-order valence-corrected chi connectivity index (χ0v) is 31.5. The number of ether oxygens (including phenoxy) is 3. The van der Waals surface area contributed by atoms with Crippen molar-refractivity contribution in [3.63, 3.8) is 0 Å². The van der Waals surface area contributed by atoms with Crippen LogP contribution in [0, 0.1) is 11.8 Å². The van der Waals surface area contributed by atoms with Crippen molar-refractivity contribution in [1.29, 1.82) is 0 Å². The number of halogens is 1. The number of amides is 3. The van der Waals surface area contributed by atoms with Gasteiger partial charge in [0.15, 0.2) is 0 Å². The fraction of sp³-hybridized carbons (Fsp3) is 0.500. The van der Waals surface area contributed by atoms with E-state index in [9.17, 15) is 24.3 Å². The number of fused-ring (bicyclic) bond motifs is 1. The van der Waals surface area contributed by atoms with E-state index in [4.69, 9.17) is 14.2 Å². The number of hydrogen-bond acceptors (Lipinski definition) is 8. The van der Waals surface area contributed by atoms with Gasteiger partial charge >= 0.3 is 5.97 Å². The lowest BCUT2D eigenvalue weighted by atomic mass is 9.70. The first-order chi connectivity index (χ1) is 25.2. The number of benzene rings is 2. The number of carbonyl (C=O) groups is 4. The van der Waals surface area contributed by atoms with E-state index in [2.05, 4.69) is 34.4 Å². The second-order valence-corrected chi connectivity index (χ2v) is 14.8. The largest absolute Gasteiger partial charge is 0.455 e. The highest BCUT2D eigenvalue weighted by Crippen LogP contribution is 2.61. The molecule has 2 bridgehead atoms. The number of rotatable bonds is 19. The lowest BCUT2D eigenvalue weighted by Crippen LogP contribution is -2.57. The average molecular weight is 781 g/mol. The number of nitrogens with one attached hydrogen (secondary N) is 1. The van der Waals surface area contributed by atoms with Crippen molar-refractivity contribution in [2.45, 2.75) is 79.8 Å². The van der Waals surface area contributed by atoms with Gasteiger partial charge in [-0.05, 0) is 30.4 Å². The van der Waals surface area contributed by atoms with Gasteiger partial charge in [0.1, 0.15) is 17.7 Å². The van der Waals surface area contributed by atoms with E-state index in [1.165, 1.54) is 12.0 Å². The molecule has 0 aromatic heterocycles. The van der Waals surface area contributed by atoms with Gasteiger partial charge < -0.3 is 34.4 Å². The van der Waals surface area contributed by atoms with Crippen LogP contribution in [0.3, 0.4) is 0 Å². The summed E-state index contributed by atoms with van der Waals surface area (Å²) in [7, 11) is 1.50. The number of likely N-dealkylation sites (tertiary alicyclic amines) is 1. The maximum Gasteiger partial charge on any atom is 0.313 e. The van der Waals surface area contributed by atoms with Gasteiger partial charge in [-0.25, -0.2) is 0 Å². The minimum absolute atomic E-state index is 0.0428. The number of aliphatic hydroxyl groups excluding tert-OH is 1. The molecule has 3 fully saturated rings. The Kier molecular flexibility index (Phi) is 13.5. The van der Waals surface area contributed by atoms with Crippen molar-refractivity contribution >= 4 is 39.6 Å². The van der Waals surface area contributed by atoms with E-state index < -0.39 is 66.3 Å². The Labute approximate surface area is 314 Å². The van der Waals surface area contributed by atoms with Crippen molar-refractivity contribution in [1.82, 2.24) is 15.1 Å². The number of esters is 1. The molecule has 2 aromatic rings. The van der Waals surface area contributed by atoms with E-state index in [1.807, 2.05) is 43.3 Å². The first-order valence-corrected chi connectivity index (χ1v) is 18.9. The van der Waals surface area contributed by atoms with Gasteiger partial charge in [-0.15, -0.1) is 13.2 Å². The standard InChI is InChI=1S/C40H50BrN3O8/c1-5-8-20-31(46)42-29(25-50-4)34(27-18-14-11-15-19-27)51-39(49)32-33-37(47)44(30(24-45)26-16-12-10-13-17-26)36(40(33)23-28(41)35(32)52-40)38(48)43(21-7-3)22-9-6-2/h5,7,10-19,28-30,32-36,45H,1,3,6,8-9,20-25H2,2,4H3,(H,42,46)/t28?,29-,30+,32+,33-,34-,35+,36+,40-/m0/s1. The SMILES string of the molecule is C=CCCC(=O)N[C@@H](COC)[C@@H](OC(=O)[C@H]1[C@@H]2O[C@@]3(CC2Br)[C@@H]1C(=O)N([C@H](CO)c1ccccc1)[C@@H]3C(=O)N(CC=C)CCCC)c1ccccc1. The molecule has 3 aliphatic rings. The molecule has 3 amide bonds. The van der Waals surface area contributed by atoms with E-state index in [-0.39, 0.29) is 36.2 Å². The minimum Gasteiger partial charge on any atom is -0.455 e. The Morgan fingerprint density at radius 3 is 2.38 bits per heavy atom. The molecule has 52 heavy (non-hydrogen) atoms. The van der Waals surface area contributed by atoms with E-state index >= 15 is 0 Å². The van der Waals surface area contributed by atoms with Gasteiger partial charge in [-0.2, -0.15) is 0 Å². The summed E-state index contributed by atoms with van der Waals surface area (Å²) in [5.74, 6) is -3.88. The highest BCUT2D eigenvalue weighted by atomic mass is 79.9. The number of methoxy groups -OCH3 is 1. The van der Waals surface area contributed by atoms with Crippen LogP contribution >= 0.6 is 15.9 Å². The second-order valence-electron chi connectivity index (χ2n) is 13.7.